The fraction of sp³-hybridized carbons (Fsp3) is 0.208. The molecular weight excluding hydrogens is 404 g/mol. The number of aliphatic hydroxyl groups excluding tert-OH is 1. The largest absolute Gasteiger partial charge is 0.388 e. The van der Waals surface area contributed by atoms with E-state index in [0.717, 1.165) is 33.5 Å². The Morgan fingerprint density at radius 1 is 1.06 bits per heavy atom. The number of anilines is 2. The van der Waals surface area contributed by atoms with E-state index in [1.165, 1.54) is 6.20 Å². The van der Waals surface area contributed by atoms with E-state index in [2.05, 4.69) is 30.6 Å². The molecule has 0 unspecified atom stereocenters. The summed E-state index contributed by atoms with van der Waals surface area (Å²) in [5.74, 6) is 0.386. The summed E-state index contributed by atoms with van der Waals surface area (Å²) in [4.78, 5) is 30.2. The third kappa shape index (κ3) is 4.40. The third-order valence-electron chi connectivity index (χ3n) is 5.27. The average molecular weight is 428 g/mol. The summed E-state index contributed by atoms with van der Waals surface area (Å²) in [7, 11) is 1.81. The summed E-state index contributed by atoms with van der Waals surface area (Å²) in [5, 5.41) is 16.8. The van der Waals surface area contributed by atoms with Gasteiger partial charge in [0.2, 0.25) is 0 Å². The SMILES string of the molecule is CC[C@@H](O)c1ccnc(C(=O)Nc2cnc(C)c(-c3cnc4cc(NC)ncc4c3)c2)c1. The monoisotopic (exact) mass is 428 g/mol. The van der Waals surface area contributed by atoms with Crippen LogP contribution < -0.4 is 10.6 Å². The minimum atomic E-state index is -0.628. The maximum absolute atomic E-state index is 12.7. The molecule has 0 aliphatic rings. The summed E-state index contributed by atoms with van der Waals surface area (Å²) in [6, 6.07) is 9.06. The lowest BCUT2D eigenvalue weighted by Gasteiger charge is -2.12. The zero-order chi connectivity index (χ0) is 22.7. The highest BCUT2D eigenvalue weighted by atomic mass is 16.3. The lowest BCUT2D eigenvalue weighted by molar-refractivity contribution is 0.102. The molecule has 162 valence electrons. The lowest BCUT2D eigenvalue weighted by atomic mass is 10.0. The molecule has 32 heavy (non-hydrogen) atoms. The number of hydrogen-bond acceptors (Lipinski definition) is 7. The van der Waals surface area contributed by atoms with Crippen LogP contribution in [0.15, 0.2) is 55.1 Å². The average Bonchev–Trinajstić information content (AvgIpc) is 2.84. The molecule has 1 atom stereocenters. The molecule has 0 spiro atoms. The Hall–Kier alpha value is -3.91. The summed E-state index contributed by atoms with van der Waals surface area (Å²) in [6.07, 6.45) is 6.62. The molecule has 0 saturated carbocycles. The van der Waals surface area contributed by atoms with Gasteiger partial charge in [0, 0.05) is 53.9 Å². The second-order valence-corrected chi connectivity index (χ2v) is 7.45. The number of pyridine rings is 4. The van der Waals surface area contributed by atoms with Crippen LogP contribution in [0.3, 0.4) is 0 Å². The van der Waals surface area contributed by atoms with Gasteiger partial charge in [-0.25, -0.2) is 4.98 Å². The van der Waals surface area contributed by atoms with Crippen LogP contribution in [0.4, 0.5) is 11.5 Å². The van der Waals surface area contributed by atoms with Gasteiger partial charge in [-0.15, -0.1) is 0 Å². The Bertz CT molecular complexity index is 1290. The van der Waals surface area contributed by atoms with Gasteiger partial charge in [-0.2, -0.15) is 0 Å². The molecule has 4 aromatic heterocycles. The fourth-order valence-corrected chi connectivity index (χ4v) is 3.41. The van der Waals surface area contributed by atoms with Crippen LogP contribution in [0.1, 0.15) is 41.2 Å². The van der Waals surface area contributed by atoms with Crippen molar-refractivity contribution in [3.05, 3.63) is 72.1 Å². The molecule has 0 saturated heterocycles. The van der Waals surface area contributed by atoms with Gasteiger partial charge in [-0.05, 0) is 43.2 Å². The number of aryl methyl sites for hydroxylation is 1. The van der Waals surface area contributed by atoms with Gasteiger partial charge in [0.1, 0.15) is 11.5 Å². The Labute approximate surface area is 185 Å². The standard InChI is InChI=1S/C24H24N6O2/c1-4-22(31)15-5-6-26-21(8-15)24(32)30-18-9-19(14(2)27-13-18)16-7-17-12-29-23(25-3)10-20(17)28-11-16/h5-13,22,31H,4H2,1-3H3,(H,25,29)(H,30,32)/t22-/m1/s1. The van der Waals surface area contributed by atoms with Gasteiger partial charge in [-0.1, -0.05) is 6.92 Å². The molecule has 4 heterocycles. The van der Waals surface area contributed by atoms with Crippen LogP contribution in [-0.2, 0) is 0 Å². The van der Waals surface area contributed by atoms with Crippen molar-refractivity contribution in [1.29, 1.82) is 0 Å². The maximum atomic E-state index is 12.7. The number of amides is 1. The molecule has 4 rings (SSSR count). The smallest absolute Gasteiger partial charge is 0.274 e. The first-order valence-corrected chi connectivity index (χ1v) is 10.3. The van der Waals surface area contributed by atoms with E-state index >= 15 is 0 Å². The predicted molar refractivity (Wildman–Crippen MR) is 124 cm³/mol. The third-order valence-corrected chi connectivity index (χ3v) is 5.27. The van der Waals surface area contributed by atoms with E-state index in [1.54, 1.807) is 30.7 Å². The number of rotatable bonds is 6. The van der Waals surface area contributed by atoms with Gasteiger partial charge in [0.15, 0.2) is 0 Å². The summed E-state index contributed by atoms with van der Waals surface area (Å²) in [6.45, 7) is 3.78. The molecule has 1 amide bonds. The minimum absolute atomic E-state index is 0.232. The Kier molecular flexibility index (Phi) is 6.04. The first-order chi connectivity index (χ1) is 15.5. The highest BCUT2D eigenvalue weighted by molar-refractivity contribution is 6.03. The second kappa shape index (κ2) is 9.07. The van der Waals surface area contributed by atoms with Crippen LogP contribution in [0.2, 0.25) is 0 Å². The van der Waals surface area contributed by atoms with E-state index in [0.29, 0.717) is 17.7 Å². The molecule has 8 nitrogen and oxygen atoms in total. The van der Waals surface area contributed by atoms with Crippen LogP contribution in [0, 0.1) is 6.92 Å². The first-order valence-electron chi connectivity index (χ1n) is 10.3. The van der Waals surface area contributed by atoms with Gasteiger partial charge in [0.25, 0.3) is 5.91 Å². The Balaban J connectivity index is 1.62. The van der Waals surface area contributed by atoms with Crippen molar-refractivity contribution in [1.82, 2.24) is 19.9 Å². The van der Waals surface area contributed by atoms with Crippen LogP contribution in [0.25, 0.3) is 22.0 Å². The van der Waals surface area contributed by atoms with Crippen LogP contribution >= 0.6 is 0 Å². The van der Waals surface area contributed by atoms with Gasteiger partial charge in [0.05, 0.1) is 23.5 Å². The second-order valence-electron chi connectivity index (χ2n) is 7.45. The van der Waals surface area contributed by atoms with E-state index in [9.17, 15) is 9.90 Å². The van der Waals surface area contributed by atoms with Crippen molar-refractivity contribution < 1.29 is 9.90 Å². The summed E-state index contributed by atoms with van der Waals surface area (Å²) >= 11 is 0. The lowest BCUT2D eigenvalue weighted by Crippen LogP contribution is -2.14. The van der Waals surface area contributed by atoms with E-state index in [1.807, 2.05) is 39.1 Å². The van der Waals surface area contributed by atoms with Crippen molar-refractivity contribution in [3.63, 3.8) is 0 Å². The van der Waals surface area contributed by atoms with Gasteiger partial charge < -0.3 is 15.7 Å². The van der Waals surface area contributed by atoms with Crippen molar-refractivity contribution >= 4 is 28.3 Å². The first kappa shape index (κ1) is 21.3. The molecule has 0 radical (unpaired) electrons. The van der Waals surface area contributed by atoms with E-state index < -0.39 is 6.10 Å². The minimum Gasteiger partial charge on any atom is -0.388 e. The number of hydrogen-bond donors (Lipinski definition) is 3. The zero-order valence-electron chi connectivity index (χ0n) is 18.1. The van der Waals surface area contributed by atoms with Crippen LogP contribution in [0.5, 0.6) is 0 Å². The molecule has 0 aliphatic heterocycles. The highest BCUT2D eigenvalue weighted by Crippen LogP contribution is 2.27. The quantitative estimate of drug-likeness (QED) is 0.423. The molecule has 3 N–H and O–H groups in total. The predicted octanol–water partition coefficient (Wildman–Crippen LogP) is 4.13. The molecule has 4 aromatic rings. The molecular formula is C24H24N6O2. The number of fused-ring (bicyclic) bond motifs is 1. The van der Waals surface area contributed by atoms with E-state index in [4.69, 9.17) is 0 Å². The number of nitrogens with one attached hydrogen (secondary N) is 2. The highest BCUT2D eigenvalue weighted by Gasteiger charge is 2.14. The Morgan fingerprint density at radius 3 is 2.69 bits per heavy atom. The number of carbonyl (C=O) groups excluding carboxylic acids is 1. The molecule has 0 aliphatic carbocycles. The molecule has 8 heteroatoms. The van der Waals surface area contributed by atoms with Gasteiger partial charge in [-0.3, -0.25) is 19.7 Å². The number of carbonyl (C=O) groups is 1. The van der Waals surface area contributed by atoms with Crippen LogP contribution in [-0.4, -0.2) is 38.0 Å². The van der Waals surface area contributed by atoms with Crippen molar-refractivity contribution in [2.45, 2.75) is 26.4 Å². The molecule has 0 aromatic carbocycles. The van der Waals surface area contributed by atoms with Crippen molar-refractivity contribution in [2.24, 2.45) is 0 Å². The number of aliphatic hydroxyl groups is 1. The molecule has 0 bridgehead atoms. The fourth-order valence-electron chi connectivity index (χ4n) is 3.41. The zero-order valence-corrected chi connectivity index (χ0v) is 18.1. The topological polar surface area (TPSA) is 113 Å². The van der Waals surface area contributed by atoms with E-state index in [-0.39, 0.29) is 11.6 Å². The summed E-state index contributed by atoms with van der Waals surface area (Å²) in [5.41, 5.74) is 4.83. The summed E-state index contributed by atoms with van der Waals surface area (Å²) < 4.78 is 0. The van der Waals surface area contributed by atoms with Crippen molar-refractivity contribution in [2.75, 3.05) is 17.7 Å². The Morgan fingerprint density at radius 2 is 1.91 bits per heavy atom. The number of nitrogens with zero attached hydrogens (tertiary/aromatic N) is 4. The molecule has 0 fully saturated rings. The normalized spacial score (nSPS) is 11.9. The number of aromatic nitrogens is 4. The van der Waals surface area contributed by atoms with Crippen molar-refractivity contribution in [3.8, 4) is 11.1 Å². The van der Waals surface area contributed by atoms with Gasteiger partial charge >= 0.3 is 0 Å². The maximum Gasteiger partial charge on any atom is 0.274 e.